The van der Waals surface area contributed by atoms with E-state index in [4.69, 9.17) is 4.74 Å². The number of aromatic nitrogens is 1. The van der Waals surface area contributed by atoms with Crippen LogP contribution in [0.25, 0.3) is 10.2 Å². The van der Waals surface area contributed by atoms with Gasteiger partial charge in [0.05, 0.1) is 22.2 Å². The number of hydrogen-bond donors (Lipinski definition) is 0. The number of ether oxygens (including phenoxy) is 1. The van der Waals surface area contributed by atoms with Crippen molar-refractivity contribution in [2.45, 2.75) is 39.1 Å². The van der Waals surface area contributed by atoms with E-state index in [1.54, 1.807) is 18.4 Å². The lowest BCUT2D eigenvalue weighted by Gasteiger charge is -2.18. The zero-order chi connectivity index (χ0) is 24.3. The van der Waals surface area contributed by atoms with Crippen LogP contribution in [0.2, 0.25) is 0 Å². The van der Waals surface area contributed by atoms with Crippen LogP contribution in [0.3, 0.4) is 0 Å². The highest BCUT2D eigenvalue weighted by atomic mass is 32.2. The Balaban J connectivity index is 2.04. The molecular weight excluding hydrogens is 462 g/mol. The summed E-state index contributed by atoms with van der Waals surface area (Å²) in [5.74, 6) is -0.979. The van der Waals surface area contributed by atoms with Gasteiger partial charge in [-0.25, -0.2) is 8.42 Å². The molecule has 3 aromatic rings. The van der Waals surface area contributed by atoms with Crippen molar-refractivity contribution >= 4 is 43.5 Å². The van der Waals surface area contributed by atoms with Gasteiger partial charge < -0.3 is 9.30 Å². The predicted octanol–water partition coefficient (Wildman–Crippen LogP) is 3.26. The van der Waals surface area contributed by atoms with Gasteiger partial charge >= 0.3 is 5.97 Å². The third-order valence-corrected chi connectivity index (χ3v) is 8.56. The summed E-state index contributed by atoms with van der Waals surface area (Å²) in [7, 11) is -2.31. The number of benzene rings is 2. The molecule has 0 atom stereocenters. The third kappa shape index (κ3) is 5.07. The lowest BCUT2D eigenvalue weighted by atomic mass is 10.1. The highest BCUT2D eigenvalue weighted by molar-refractivity contribution is 7.89. The van der Waals surface area contributed by atoms with E-state index in [9.17, 15) is 18.0 Å². The van der Waals surface area contributed by atoms with Crippen molar-refractivity contribution in [2.24, 2.45) is 4.99 Å². The van der Waals surface area contributed by atoms with Gasteiger partial charge in [-0.05, 0) is 61.4 Å². The van der Waals surface area contributed by atoms with Gasteiger partial charge in [0.15, 0.2) is 4.80 Å². The fourth-order valence-electron chi connectivity index (χ4n) is 3.39. The molecule has 0 bridgehead atoms. The molecule has 1 aromatic heterocycles. The molecule has 10 heteroatoms. The van der Waals surface area contributed by atoms with Gasteiger partial charge in [-0.3, -0.25) is 9.59 Å². The maximum Gasteiger partial charge on any atom is 0.325 e. The minimum atomic E-state index is -3.61. The van der Waals surface area contributed by atoms with E-state index in [0.29, 0.717) is 17.9 Å². The summed E-state index contributed by atoms with van der Waals surface area (Å²) in [6.45, 7) is 8.16. The van der Waals surface area contributed by atoms with Crippen LogP contribution in [0.5, 0.6) is 0 Å². The molecule has 0 N–H and O–H groups in total. The maximum absolute atomic E-state index is 12.9. The molecule has 8 nitrogen and oxygen atoms in total. The Morgan fingerprint density at radius 2 is 1.67 bits per heavy atom. The number of fused-ring (bicyclic) bond motifs is 1. The van der Waals surface area contributed by atoms with Crippen molar-refractivity contribution in [1.82, 2.24) is 8.87 Å². The fraction of sp³-hybridized carbons (Fsp3) is 0.348. The largest absolute Gasteiger partial charge is 0.468 e. The minimum absolute atomic E-state index is 0.0772. The number of sulfonamides is 1. The normalized spacial score (nSPS) is 12.5. The number of carbonyl (C=O) groups excluding carboxylic acids is 2. The summed E-state index contributed by atoms with van der Waals surface area (Å²) in [5.41, 5.74) is 3.20. The van der Waals surface area contributed by atoms with Crippen LogP contribution in [-0.2, 0) is 26.1 Å². The third-order valence-electron chi connectivity index (χ3n) is 5.45. The monoisotopic (exact) mass is 489 g/mol. The van der Waals surface area contributed by atoms with E-state index < -0.39 is 21.9 Å². The van der Waals surface area contributed by atoms with E-state index in [1.807, 2.05) is 26.0 Å². The summed E-state index contributed by atoms with van der Waals surface area (Å²) in [6.07, 6.45) is 0. The van der Waals surface area contributed by atoms with Crippen molar-refractivity contribution in [3.05, 3.63) is 57.9 Å². The maximum atomic E-state index is 12.9. The summed E-state index contributed by atoms with van der Waals surface area (Å²) < 4.78 is 34.1. The first-order valence-electron chi connectivity index (χ1n) is 10.5. The lowest BCUT2D eigenvalue weighted by Crippen LogP contribution is -2.30. The second-order valence-electron chi connectivity index (χ2n) is 7.48. The lowest BCUT2D eigenvalue weighted by molar-refractivity contribution is -0.141. The van der Waals surface area contributed by atoms with Gasteiger partial charge in [0.25, 0.3) is 5.91 Å². The van der Waals surface area contributed by atoms with Crippen LogP contribution < -0.4 is 4.80 Å². The molecule has 1 heterocycles. The Labute approximate surface area is 197 Å². The van der Waals surface area contributed by atoms with Crippen LogP contribution in [0.1, 0.15) is 35.3 Å². The van der Waals surface area contributed by atoms with E-state index in [2.05, 4.69) is 4.99 Å². The average Bonchev–Trinajstić information content (AvgIpc) is 3.10. The van der Waals surface area contributed by atoms with Crippen molar-refractivity contribution in [3.8, 4) is 0 Å². The van der Waals surface area contributed by atoms with Gasteiger partial charge in [-0.15, -0.1) is 0 Å². The van der Waals surface area contributed by atoms with E-state index in [0.717, 1.165) is 21.3 Å². The number of thiazole rings is 1. The van der Waals surface area contributed by atoms with Crippen LogP contribution >= 0.6 is 11.3 Å². The number of hydrogen-bond acceptors (Lipinski definition) is 6. The topological polar surface area (TPSA) is 98.0 Å². The zero-order valence-corrected chi connectivity index (χ0v) is 20.9. The Hall–Kier alpha value is -2.82. The molecule has 0 saturated carbocycles. The smallest absolute Gasteiger partial charge is 0.325 e. The minimum Gasteiger partial charge on any atom is -0.468 e. The van der Waals surface area contributed by atoms with Crippen molar-refractivity contribution in [1.29, 1.82) is 0 Å². The molecule has 0 fully saturated rings. The Bertz CT molecular complexity index is 1370. The van der Waals surface area contributed by atoms with Crippen LogP contribution in [0, 0.1) is 13.8 Å². The molecule has 33 heavy (non-hydrogen) atoms. The SMILES string of the molecule is CCN(CC)S(=O)(=O)c1ccc(C(=O)N=c2sc3cc(C)c(C)cc3n2CC(=O)OC)cc1. The zero-order valence-electron chi connectivity index (χ0n) is 19.3. The molecule has 3 rings (SSSR count). The summed E-state index contributed by atoms with van der Waals surface area (Å²) in [4.78, 5) is 29.6. The van der Waals surface area contributed by atoms with Crippen molar-refractivity contribution < 1.29 is 22.7 Å². The number of aryl methyl sites for hydroxylation is 2. The molecule has 176 valence electrons. The first-order valence-corrected chi connectivity index (χ1v) is 12.7. The molecule has 0 aliphatic carbocycles. The van der Waals surface area contributed by atoms with Gasteiger partial charge in [-0.1, -0.05) is 25.2 Å². The number of esters is 1. The molecule has 1 amide bonds. The second-order valence-corrected chi connectivity index (χ2v) is 10.4. The standard InChI is InChI=1S/C23H27N3O5S2/c1-6-25(7-2)33(29,30)18-10-8-17(9-11-18)22(28)24-23-26(14-21(27)31-5)19-12-15(3)16(4)13-20(19)32-23/h8-13H,6-7,14H2,1-5H3. The Morgan fingerprint density at radius 1 is 1.06 bits per heavy atom. The summed E-state index contributed by atoms with van der Waals surface area (Å²) in [5, 5.41) is 0. The average molecular weight is 490 g/mol. The first-order chi connectivity index (χ1) is 15.6. The molecule has 0 radical (unpaired) electrons. The molecule has 0 spiro atoms. The van der Waals surface area contributed by atoms with E-state index in [-0.39, 0.29) is 17.0 Å². The molecular formula is C23H27N3O5S2. The highest BCUT2D eigenvalue weighted by Gasteiger charge is 2.22. The van der Waals surface area contributed by atoms with Gasteiger partial charge in [-0.2, -0.15) is 9.30 Å². The van der Waals surface area contributed by atoms with E-state index >= 15 is 0 Å². The number of nitrogens with zero attached hydrogens (tertiary/aromatic N) is 3. The van der Waals surface area contributed by atoms with Crippen LogP contribution in [0.15, 0.2) is 46.3 Å². The van der Waals surface area contributed by atoms with Gasteiger partial charge in [0, 0.05) is 18.7 Å². The quantitative estimate of drug-likeness (QED) is 0.475. The Kier molecular flexibility index (Phi) is 7.51. The number of rotatable bonds is 7. The Morgan fingerprint density at radius 3 is 2.24 bits per heavy atom. The molecule has 2 aromatic carbocycles. The van der Waals surface area contributed by atoms with Gasteiger partial charge in [0.1, 0.15) is 6.54 Å². The molecule has 0 saturated heterocycles. The number of carbonyl (C=O) groups is 2. The molecule has 0 unspecified atom stereocenters. The van der Waals surface area contributed by atoms with E-state index in [1.165, 1.54) is 47.0 Å². The fourth-order valence-corrected chi connectivity index (χ4v) is 5.95. The molecule has 0 aliphatic heterocycles. The van der Waals surface area contributed by atoms with Crippen LogP contribution in [-0.4, -0.2) is 49.4 Å². The van der Waals surface area contributed by atoms with Crippen molar-refractivity contribution in [2.75, 3.05) is 20.2 Å². The van der Waals surface area contributed by atoms with Gasteiger partial charge in [0.2, 0.25) is 10.0 Å². The van der Waals surface area contributed by atoms with Crippen molar-refractivity contribution in [3.63, 3.8) is 0 Å². The predicted molar refractivity (Wildman–Crippen MR) is 128 cm³/mol. The summed E-state index contributed by atoms with van der Waals surface area (Å²) >= 11 is 1.30. The highest BCUT2D eigenvalue weighted by Crippen LogP contribution is 2.22. The molecule has 0 aliphatic rings. The van der Waals surface area contributed by atoms with Crippen LogP contribution in [0.4, 0.5) is 0 Å². The first kappa shape index (κ1) is 24.8. The summed E-state index contributed by atoms with van der Waals surface area (Å²) in [6, 6.07) is 9.69. The number of methoxy groups -OCH3 is 1. The second kappa shape index (κ2) is 9.98. The number of amides is 1.